The molecular formula is C23H30FN3. The van der Waals surface area contributed by atoms with Crippen LogP contribution in [0.3, 0.4) is 0 Å². The van der Waals surface area contributed by atoms with Crippen LogP contribution < -0.4 is 10.6 Å². The molecule has 2 N–H and O–H groups in total. The van der Waals surface area contributed by atoms with Crippen LogP contribution in [0.25, 0.3) is 0 Å². The molecule has 0 radical (unpaired) electrons. The number of nitrogens with zero attached hydrogens (tertiary/aromatic N) is 1. The summed E-state index contributed by atoms with van der Waals surface area (Å²) in [7, 11) is 0. The zero-order chi connectivity index (χ0) is 19.8. The Hall–Kier alpha value is -2.36. The maximum Gasteiger partial charge on any atom is 0.129 e. The molecule has 1 aromatic carbocycles. The summed E-state index contributed by atoms with van der Waals surface area (Å²) in [6.45, 7) is 16.5. The van der Waals surface area contributed by atoms with E-state index in [0.717, 1.165) is 53.9 Å². The first-order valence-electron chi connectivity index (χ1n) is 9.57. The first-order valence-corrected chi connectivity index (χ1v) is 9.57. The molecule has 2 aliphatic rings. The topological polar surface area (TPSA) is 36.4 Å². The van der Waals surface area contributed by atoms with E-state index in [4.69, 9.17) is 0 Å². The number of benzene rings is 1. The normalized spacial score (nSPS) is 19.4. The summed E-state index contributed by atoms with van der Waals surface area (Å²) in [6, 6.07) is 6.76. The van der Waals surface area contributed by atoms with Gasteiger partial charge in [-0.15, -0.1) is 0 Å². The minimum absolute atomic E-state index is 0.130. The zero-order valence-corrected chi connectivity index (χ0v) is 16.9. The second-order valence-electron chi connectivity index (χ2n) is 8.38. The van der Waals surface area contributed by atoms with Gasteiger partial charge in [0, 0.05) is 22.4 Å². The number of hydrogen-bond acceptors (Lipinski definition) is 3. The molecule has 0 atom stereocenters. The van der Waals surface area contributed by atoms with Gasteiger partial charge in [0.1, 0.15) is 11.6 Å². The largest absolute Gasteiger partial charge is 0.376 e. The lowest BCUT2D eigenvalue weighted by molar-refractivity contribution is 0.583. The van der Waals surface area contributed by atoms with Crippen molar-refractivity contribution in [3.05, 3.63) is 70.5 Å². The number of aliphatic imine (C=N–C) groups is 1. The van der Waals surface area contributed by atoms with Gasteiger partial charge in [-0.25, -0.2) is 9.38 Å². The molecule has 0 spiro atoms. The van der Waals surface area contributed by atoms with Gasteiger partial charge < -0.3 is 10.6 Å². The lowest BCUT2D eigenvalue weighted by atomic mass is 9.97. The minimum atomic E-state index is -0.210. The molecule has 2 saturated carbocycles. The fourth-order valence-corrected chi connectivity index (χ4v) is 3.60. The Balaban J connectivity index is 1.85. The molecule has 144 valence electrons. The maximum absolute atomic E-state index is 13.3. The minimum Gasteiger partial charge on any atom is -0.376 e. The van der Waals surface area contributed by atoms with Gasteiger partial charge in [-0.05, 0) is 77.8 Å². The Morgan fingerprint density at radius 1 is 1.04 bits per heavy atom. The molecule has 0 aromatic heterocycles. The predicted octanol–water partition coefficient (Wildman–Crippen LogP) is 5.33. The number of rotatable bonds is 8. The molecule has 0 amide bonds. The van der Waals surface area contributed by atoms with Crippen LogP contribution >= 0.6 is 0 Å². The van der Waals surface area contributed by atoms with Crippen LogP contribution in [-0.2, 0) is 5.54 Å². The fourth-order valence-electron chi connectivity index (χ4n) is 3.60. The van der Waals surface area contributed by atoms with E-state index >= 15 is 0 Å². The van der Waals surface area contributed by atoms with E-state index < -0.39 is 0 Å². The van der Waals surface area contributed by atoms with Gasteiger partial charge in [0.05, 0.1) is 5.54 Å². The van der Waals surface area contributed by atoms with Crippen molar-refractivity contribution in [2.75, 3.05) is 0 Å². The van der Waals surface area contributed by atoms with Crippen molar-refractivity contribution < 1.29 is 4.39 Å². The highest BCUT2D eigenvalue weighted by atomic mass is 19.1. The molecule has 1 aromatic rings. The van der Waals surface area contributed by atoms with E-state index in [1.165, 1.54) is 17.7 Å². The molecule has 3 nitrogen and oxygen atoms in total. The fraction of sp³-hybridized carbons (Fsp3) is 0.435. The van der Waals surface area contributed by atoms with E-state index in [9.17, 15) is 4.39 Å². The van der Waals surface area contributed by atoms with Crippen LogP contribution in [0, 0.1) is 5.82 Å². The maximum atomic E-state index is 13.3. The van der Waals surface area contributed by atoms with Crippen molar-refractivity contribution in [3.63, 3.8) is 0 Å². The highest BCUT2D eigenvalue weighted by Crippen LogP contribution is 2.47. The van der Waals surface area contributed by atoms with Gasteiger partial charge in [-0.3, -0.25) is 0 Å². The van der Waals surface area contributed by atoms with Crippen LogP contribution in [0.15, 0.2) is 64.1 Å². The standard InChI is InChI=1S/C23H30FN3/c1-15(2)20(16(3)21(25-6)27-22(5)11-12-22)17(4)26-23(13-14-23)18-7-9-19(24)10-8-18/h7-10,26-27H,4,6,11-14H2,1-3,5H3/b21-16-. The monoisotopic (exact) mass is 367 g/mol. The predicted molar refractivity (Wildman–Crippen MR) is 111 cm³/mol. The molecule has 27 heavy (non-hydrogen) atoms. The second-order valence-corrected chi connectivity index (χ2v) is 8.38. The Labute approximate surface area is 162 Å². The van der Waals surface area contributed by atoms with Crippen LogP contribution in [0.4, 0.5) is 4.39 Å². The van der Waals surface area contributed by atoms with Crippen LogP contribution in [0.5, 0.6) is 0 Å². The van der Waals surface area contributed by atoms with Gasteiger partial charge in [0.15, 0.2) is 0 Å². The smallest absolute Gasteiger partial charge is 0.129 e. The molecule has 0 bridgehead atoms. The second kappa shape index (κ2) is 6.99. The summed E-state index contributed by atoms with van der Waals surface area (Å²) in [4.78, 5) is 4.25. The molecule has 4 heteroatoms. The molecule has 0 aliphatic heterocycles. The highest BCUT2D eigenvalue weighted by Gasteiger charge is 2.45. The quantitative estimate of drug-likeness (QED) is 0.481. The summed E-state index contributed by atoms with van der Waals surface area (Å²) in [5, 5.41) is 7.15. The Morgan fingerprint density at radius 3 is 2.07 bits per heavy atom. The summed E-state index contributed by atoms with van der Waals surface area (Å²) in [6.07, 6.45) is 4.32. The molecular weight excluding hydrogens is 337 g/mol. The van der Waals surface area contributed by atoms with Crippen molar-refractivity contribution in [2.45, 2.75) is 64.5 Å². The third kappa shape index (κ3) is 4.15. The van der Waals surface area contributed by atoms with E-state index in [-0.39, 0.29) is 16.9 Å². The summed E-state index contributed by atoms with van der Waals surface area (Å²) in [5.74, 6) is 0.610. The number of nitrogens with one attached hydrogen (secondary N) is 2. The van der Waals surface area contributed by atoms with Crippen molar-refractivity contribution in [2.24, 2.45) is 4.99 Å². The van der Waals surface area contributed by atoms with Gasteiger partial charge in [0.2, 0.25) is 0 Å². The Kier molecular flexibility index (Phi) is 5.02. The Morgan fingerprint density at radius 2 is 1.63 bits per heavy atom. The van der Waals surface area contributed by atoms with Crippen molar-refractivity contribution in [1.82, 2.24) is 10.6 Å². The molecule has 3 rings (SSSR count). The SMILES string of the molecule is C=N/C(NC1(C)CC1)=C(\C)C(C(=C)NC1(c2ccc(F)cc2)CC1)=C(C)C. The molecule has 0 heterocycles. The Bertz CT molecular complexity index is 818. The van der Waals surface area contributed by atoms with Crippen molar-refractivity contribution >= 4 is 6.72 Å². The molecule has 2 fully saturated rings. The van der Waals surface area contributed by atoms with Crippen LogP contribution in [0.1, 0.15) is 58.9 Å². The van der Waals surface area contributed by atoms with Crippen molar-refractivity contribution in [1.29, 1.82) is 0 Å². The van der Waals surface area contributed by atoms with Gasteiger partial charge in [-0.1, -0.05) is 24.3 Å². The first kappa shape index (κ1) is 19.4. The molecule has 0 saturated heterocycles. The van der Waals surface area contributed by atoms with Gasteiger partial charge in [-0.2, -0.15) is 0 Å². The lowest BCUT2D eigenvalue weighted by Gasteiger charge is -2.25. The van der Waals surface area contributed by atoms with Crippen LogP contribution in [-0.4, -0.2) is 12.3 Å². The van der Waals surface area contributed by atoms with E-state index in [2.05, 4.69) is 56.6 Å². The number of allylic oxidation sites excluding steroid dienone is 2. The molecule has 0 unspecified atom stereocenters. The average Bonchev–Trinajstić information content (AvgIpc) is 3.52. The van der Waals surface area contributed by atoms with Gasteiger partial charge >= 0.3 is 0 Å². The summed E-state index contributed by atoms with van der Waals surface area (Å²) in [5.41, 5.74) is 5.25. The van der Waals surface area contributed by atoms with E-state index in [1.807, 2.05) is 12.1 Å². The third-order valence-electron chi connectivity index (χ3n) is 5.65. The zero-order valence-electron chi connectivity index (χ0n) is 16.9. The number of halogens is 1. The average molecular weight is 368 g/mol. The molecule has 2 aliphatic carbocycles. The van der Waals surface area contributed by atoms with E-state index in [1.54, 1.807) is 0 Å². The van der Waals surface area contributed by atoms with Gasteiger partial charge in [0.25, 0.3) is 0 Å². The summed E-state index contributed by atoms with van der Waals surface area (Å²) < 4.78 is 13.3. The van der Waals surface area contributed by atoms with Crippen molar-refractivity contribution in [3.8, 4) is 0 Å². The van der Waals surface area contributed by atoms with Crippen LogP contribution in [0.2, 0.25) is 0 Å². The highest BCUT2D eigenvalue weighted by molar-refractivity contribution is 5.51. The lowest BCUT2D eigenvalue weighted by Crippen LogP contribution is -2.30. The first-order chi connectivity index (χ1) is 12.7. The van der Waals surface area contributed by atoms with E-state index in [0.29, 0.717) is 0 Å². The summed E-state index contributed by atoms with van der Waals surface area (Å²) >= 11 is 0. The number of hydrogen-bond donors (Lipinski definition) is 2. The third-order valence-corrected chi connectivity index (χ3v) is 5.65.